The van der Waals surface area contributed by atoms with Gasteiger partial charge in [0.25, 0.3) is 0 Å². The highest BCUT2D eigenvalue weighted by molar-refractivity contribution is 4.87. The fourth-order valence-electron chi connectivity index (χ4n) is 3.62. The van der Waals surface area contributed by atoms with Gasteiger partial charge in [0.15, 0.2) is 0 Å². The molecule has 14 heavy (non-hydrogen) atoms. The molecule has 0 heterocycles. The smallest absolute Gasteiger partial charge is 0.00746 e. The van der Waals surface area contributed by atoms with E-state index in [4.69, 9.17) is 5.73 Å². The Morgan fingerprint density at radius 1 is 0.929 bits per heavy atom. The molecule has 1 spiro atoms. The maximum atomic E-state index is 5.63. The molecule has 1 nitrogen and oxygen atoms in total. The zero-order valence-corrected chi connectivity index (χ0v) is 9.43. The van der Waals surface area contributed by atoms with Crippen LogP contribution in [0.3, 0.4) is 0 Å². The van der Waals surface area contributed by atoms with Gasteiger partial charge in [0.05, 0.1) is 0 Å². The van der Waals surface area contributed by atoms with Gasteiger partial charge in [-0.15, -0.1) is 0 Å². The van der Waals surface area contributed by atoms with E-state index in [1.165, 1.54) is 64.2 Å². The third-order valence-corrected chi connectivity index (χ3v) is 4.65. The lowest BCUT2D eigenvalue weighted by molar-refractivity contribution is 0.0952. The van der Waals surface area contributed by atoms with Crippen LogP contribution in [-0.4, -0.2) is 6.54 Å². The van der Waals surface area contributed by atoms with Crippen LogP contribution in [0.1, 0.15) is 64.2 Å². The van der Waals surface area contributed by atoms with Gasteiger partial charge in [0.2, 0.25) is 0 Å². The van der Waals surface area contributed by atoms with Gasteiger partial charge in [-0.1, -0.05) is 19.3 Å². The highest BCUT2D eigenvalue weighted by Gasteiger charge is 2.35. The Morgan fingerprint density at radius 2 is 1.57 bits per heavy atom. The van der Waals surface area contributed by atoms with Crippen molar-refractivity contribution in [2.75, 3.05) is 6.54 Å². The predicted octanol–water partition coefficient (Wildman–Crippen LogP) is 3.48. The summed E-state index contributed by atoms with van der Waals surface area (Å²) in [5.41, 5.74) is 6.42. The molecule has 0 amide bonds. The van der Waals surface area contributed by atoms with E-state index in [1.54, 1.807) is 0 Å². The van der Waals surface area contributed by atoms with Gasteiger partial charge < -0.3 is 5.73 Å². The molecule has 2 rings (SSSR count). The first-order valence-corrected chi connectivity index (χ1v) is 6.55. The standard InChI is InChI=1S/C13H25N/c14-11-6-12-4-9-13(10-5-12)7-2-1-3-8-13/h12H,1-11,14H2. The van der Waals surface area contributed by atoms with Crippen molar-refractivity contribution >= 4 is 0 Å². The Morgan fingerprint density at radius 3 is 2.14 bits per heavy atom. The van der Waals surface area contributed by atoms with Gasteiger partial charge in [-0.3, -0.25) is 0 Å². The van der Waals surface area contributed by atoms with Crippen molar-refractivity contribution < 1.29 is 0 Å². The second-order valence-corrected chi connectivity index (χ2v) is 5.58. The minimum Gasteiger partial charge on any atom is -0.330 e. The molecule has 0 aromatic rings. The van der Waals surface area contributed by atoms with E-state index in [0.29, 0.717) is 0 Å². The summed E-state index contributed by atoms with van der Waals surface area (Å²) < 4.78 is 0. The van der Waals surface area contributed by atoms with Gasteiger partial charge in [0.1, 0.15) is 0 Å². The Balaban J connectivity index is 1.81. The molecular formula is C13H25N. The molecule has 2 fully saturated rings. The monoisotopic (exact) mass is 195 g/mol. The van der Waals surface area contributed by atoms with Crippen molar-refractivity contribution in [3.05, 3.63) is 0 Å². The molecule has 0 bridgehead atoms. The maximum Gasteiger partial charge on any atom is -0.00746 e. The first-order chi connectivity index (χ1) is 6.85. The van der Waals surface area contributed by atoms with Gasteiger partial charge in [0, 0.05) is 0 Å². The van der Waals surface area contributed by atoms with Crippen LogP contribution in [-0.2, 0) is 0 Å². The summed E-state index contributed by atoms with van der Waals surface area (Å²) in [5, 5.41) is 0. The Kier molecular flexibility index (Phi) is 3.48. The first-order valence-electron chi connectivity index (χ1n) is 6.55. The van der Waals surface area contributed by atoms with Crippen molar-refractivity contribution in [2.45, 2.75) is 64.2 Å². The summed E-state index contributed by atoms with van der Waals surface area (Å²) in [6.07, 6.45) is 14.8. The van der Waals surface area contributed by atoms with E-state index in [0.717, 1.165) is 17.9 Å². The van der Waals surface area contributed by atoms with Gasteiger partial charge in [-0.25, -0.2) is 0 Å². The van der Waals surface area contributed by atoms with Crippen molar-refractivity contribution in [2.24, 2.45) is 17.1 Å². The Hall–Kier alpha value is -0.0400. The Labute approximate surface area is 88.4 Å². The molecule has 0 saturated heterocycles. The van der Waals surface area contributed by atoms with Crippen molar-refractivity contribution in [3.63, 3.8) is 0 Å². The molecule has 0 aliphatic heterocycles. The first kappa shape index (κ1) is 10.5. The molecule has 2 saturated carbocycles. The quantitative estimate of drug-likeness (QED) is 0.717. The van der Waals surface area contributed by atoms with E-state index < -0.39 is 0 Å². The van der Waals surface area contributed by atoms with Crippen LogP contribution >= 0.6 is 0 Å². The van der Waals surface area contributed by atoms with Crippen LogP contribution in [0.5, 0.6) is 0 Å². The van der Waals surface area contributed by atoms with E-state index in [-0.39, 0.29) is 0 Å². The van der Waals surface area contributed by atoms with Crippen LogP contribution < -0.4 is 5.73 Å². The molecule has 2 N–H and O–H groups in total. The molecule has 0 atom stereocenters. The van der Waals surface area contributed by atoms with E-state index in [1.807, 2.05) is 0 Å². The molecular weight excluding hydrogens is 170 g/mol. The summed E-state index contributed by atoms with van der Waals surface area (Å²) in [5.74, 6) is 0.965. The second kappa shape index (κ2) is 4.65. The van der Waals surface area contributed by atoms with E-state index in [2.05, 4.69) is 0 Å². The average Bonchev–Trinajstić information content (AvgIpc) is 2.24. The number of rotatable bonds is 2. The fourth-order valence-corrected chi connectivity index (χ4v) is 3.62. The molecule has 2 aliphatic carbocycles. The number of nitrogens with two attached hydrogens (primary N) is 1. The molecule has 0 aromatic heterocycles. The van der Waals surface area contributed by atoms with Crippen LogP contribution in [0.2, 0.25) is 0 Å². The summed E-state index contributed by atoms with van der Waals surface area (Å²) in [6, 6.07) is 0. The topological polar surface area (TPSA) is 26.0 Å². The molecule has 1 heteroatoms. The minimum atomic E-state index is 0.795. The molecule has 0 unspecified atom stereocenters. The fraction of sp³-hybridized carbons (Fsp3) is 1.00. The highest BCUT2D eigenvalue weighted by atomic mass is 14.5. The summed E-state index contributed by atoms with van der Waals surface area (Å²) in [7, 11) is 0. The molecule has 0 aromatic carbocycles. The van der Waals surface area contributed by atoms with E-state index in [9.17, 15) is 0 Å². The lowest BCUT2D eigenvalue weighted by atomic mass is 9.63. The minimum absolute atomic E-state index is 0.795. The normalized spacial score (nSPS) is 28.1. The van der Waals surface area contributed by atoms with Gasteiger partial charge in [-0.2, -0.15) is 0 Å². The zero-order chi connectivity index (χ0) is 9.86. The molecule has 0 radical (unpaired) electrons. The van der Waals surface area contributed by atoms with Crippen molar-refractivity contribution in [1.82, 2.24) is 0 Å². The molecule has 2 aliphatic rings. The largest absolute Gasteiger partial charge is 0.330 e. The predicted molar refractivity (Wildman–Crippen MR) is 61.1 cm³/mol. The number of hydrogen-bond donors (Lipinski definition) is 1. The zero-order valence-electron chi connectivity index (χ0n) is 9.43. The SMILES string of the molecule is NCCC1CCC2(CCCCC2)CC1. The van der Waals surface area contributed by atoms with Crippen LogP contribution in [0, 0.1) is 11.3 Å². The van der Waals surface area contributed by atoms with Gasteiger partial charge in [-0.05, 0) is 62.8 Å². The van der Waals surface area contributed by atoms with Crippen molar-refractivity contribution in [1.29, 1.82) is 0 Å². The second-order valence-electron chi connectivity index (χ2n) is 5.58. The maximum absolute atomic E-state index is 5.63. The summed E-state index contributed by atoms with van der Waals surface area (Å²) in [4.78, 5) is 0. The van der Waals surface area contributed by atoms with Crippen LogP contribution in [0.4, 0.5) is 0 Å². The number of hydrogen-bond acceptors (Lipinski definition) is 1. The molecule has 82 valence electrons. The highest BCUT2D eigenvalue weighted by Crippen LogP contribution is 2.49. The Bertz CT molecular complexity index is 160. The van der Waals surface area contributed by atoms with Crippen molar-refractivity contribution in [3.8, 4) is 0 Å². The lowest BCUT2D eigenvalue weighted by Gasteiger charge is -2.43. The third kappa shape index (κ3) is 2.31. The van der Waals surface area contributed by atoms with Gasteiger partial charge >= 0.3 is 0 Å². The van der Waals surface area contributed by atoms with Crippen LogP contribution in [0.25, 0.3) is 0 Å². The van der Waals surface area contributed by atoms with Crippen LogP contribution in [0.15, 0.2) is 0 Å². The average molecular weight is 195 g/mol. The summed E-state index contributed by atoms with van der Waals surface area (Å²) in [6.45, 7) is 0.900. The lowest BCUT2D eigenvalue weighted by Crippen LogP contribution is -2.30. The summed E-state index contributed by atoms with van der Waals surface area (Å²) >= 11 is 0. The van der Waals surface area contributed by atoms with E-state index >= 15 is 0 Å². The third-order valence-electron chi connectivity index (χ3n) is 4.65.